The quantitative estimate of drug-likeness (QED) is 0.0474. The van der Waals surface area contributed by atoms with Crippen LogP contribution in [-0.2, 0) is 9.53 Å². The van der Waals surface area contributed by atoms with Crippen molar-refractivity contribution >= 4 is 5.97 Å². The van der Waals surface area contributed by atoms with Crippen molar-refractivity contribution in [2.75, 3.05) is 20.6 Å². The Morgan fingerprint density at radius 2 is 1.17 bits per heavy atom. The molecule has 0 bridgehead atoms. The zero-order chi connectivity index (χ0) is 31.3. The monoisotopic (exact) mass is 590 g/mol. The second kappa shape index (κ2) is 30.0. The Morgan fingerprint density at radius 1 is 0.619 bits per heavy atom. The molecular formula is C39H75NO2. The lowest BCUT2D eigenvalue weighted by Gasteiger charge is -2.28. The van der Waals surface area contributed by atoms with Gasteiger partial charge in [-0.1, -0.05) is 104 Å². The fourth-order valence-corrected chi connectivity index (χ4v) is 5.79. The summed E-state index contributed by atoms with van der Waals surface area (Å²) >= 11 is 0. The SMILES string of the molecule is CCCCCC=CCCCC(CCCC=CCCCCC)C(CCC(C)CCCC(C)C)OC(=O)CCCCN(C)C. The van der Waals surface area contributed by atoms with Gasteiger partial charge in [-0.15, -0.1) is 0 Å². The molecule has 2 unspecified atom stereocenters. The Bertz CT molecular complexity index is 612. The van der Waals surface area contributed by atoms with Gasteiger partial charge in [-0.25, -0.2) is 0 Å². The van der Waals surface area contributed by atoms with E-state index in [2.05, 4.69) is 77.9 Å². The van der Waals surface area contributed by atoms with E-state index in [4.69, 9.17) is 4.74 Å². The smallest absolute Gasteiger partial charge is 0.306 e. The van der Waals surface area contributed by atoms with Gasteiger partial charge in [0.25, 0.3) is 0 Å². The van der Waals surface area contributed by atoms with Crippen LogP contribution in [-0.4, -0.2) is 37.6 Å². The molecular weight excluding hydrogens is 514 g/mol. The molecule has 0 fully saturated rings. The van der Waals surface area contributed by atoms with E-state index in [0.717, 1.165) is 44.6 Å². The molecule has 0 aromatic heterocycles. The van der Waals surface area contributed by atoms with Gasteiger partial charge in [0.1, 0.15) is 6.10 Å². The van der Waals surface area contributed by atoms with Crippen LogP contribution in [0.2, 0.25) is 0 Å². The van der Waals surface area contributed by atoms with E-state index < -0.39 is 0 Å². The number of allylic oxidation sites excluding steroid dienone is 4. The number of hydrogen-bond donors (Lipinski definition) is 0. The predicted octanol–water partition coefficient (Wildman–Crippen LogP) is 12.1. The lowest BCUT2D eigenvalue weighted by Crippen LogP contribution is -2.28. The van der Waals surface area contributed by atoms with Crippen LogP contribution in [0.5, 0.6) is 0 Å². The minimum atomic E-state index is 0.0304. The molecule has 0 aliphatic carbocycles. The third-order valence-corrected chi connectivity index (χ3v) is 8.64. The van der Waals surface area contributed by atoms with Crippen molar-refractivity contribution in [2.45, 2.75) is 182 Å². The second-order valence-corrected chi connectivity index (χ2v) is 13.9. The van der Waals surface area contributed by atoms with E-state index in [1.807, 2.05) is 0 Å². The zero-order valence-corrected chi connectivity index (χ0v) is 29.6. The molecule has 0 N–H and O–H groups in total. The molecule has 0 aromatic rings. The van der Waals surface area contributed by atoms with E-state index >= 15 is 0 Å². The average Bonchev–Trinajstić information content (AvgIpc) is 2.94. The lowest BCUT2D eigenvalue weighted by atomic mass is 9.85. The van der Waals surface area contributed by atoms with Gasteiger partial charge in [0.15, 0.2) is 0 Å². The lowest BCUT2D eigenvalue weighted by molar-refractivity contribution is -0.153. The topological polar surface area (TPSA) is 29.5 Å². The van der Waals surface area contributed by atoms with Gasteiger partial charge in [0.05, 0.1) is 0 Å². The number of esters is 1. The summed E-state index contributed by atoms with van der Waals surface area (Å²) < 4.78 is 6.37. The molecule has 3 heteroatoms. The van der Waals surface area contributed by atoms with E-state index in [-0.39, 0.29) is 12.1 Å². The number of nitrogens with zero attached hydrogens (tertiary/aromatic N) is 1. The largest absolute Gasteiger partial charge is 0.462 e. The Labute approximate surface area is 264 Å². The van der Waals surface area contributed by atoms with Gasteiger partial charge < -0.3 is 9.64 Å². The molecule has 0 saturated carbocycles. The van der Waals surface area contributed by atoms with Crippen molar-refractivity contribution in [2.24, 2.45) is 17.8 Å². The van der Waals surface area contributed by atoms with Crippen LogP contribution in [0.4, 0.5) is 0 Å². The number of carbonyl (C=O) groups excluding carboxylic acids is 1. The van der Waals surface area contributed by atoms with Crippen LogP contribution >= 0.6 is 0 Å². The summed E-state index contributed by atoms with van der Waals surface area (Å²) in [6.07, 6.45) is 35.6. The van der Waals surface area contributed by atoms with E-state index in [0.29, 0.717) is 18.3 Å². The highest BCUT2D eigenvalue weighted by Gasteiger charge is 2.25. The molecule has 3 nitrogen and oxygen atoms in total. The Hall–Kier alpha value is -1.09. The van der Waals surface area contributed by atoms with Gasteiger partial charge in [-0.05, 0) is 128 Å². The summed E-state index contributed by atoms with van der Waals surface area (Å²) in [5.74, 6) is 1.98. The summed E-state index contributed by atoms with van der Waals surface area (Å²) in [4.78, 5) is 15.2. The number of unbranched alkanes of at least 4 members (excludes halogenated alkanes) is 9. The average molecular weight is 590 g/mol. The maximum absolute atomic E-state index is 13.0. The molecule has 0 saturated heterocycles. The Morgan fingerprint density at radius 3 is 1.67 bits per heavy atom. The summed E-state index contributed by atoms with van der Waals surface area (Å²) in [7, 11) is 4.20. The van der Waals surface area contributed by atoms with Crippen LogP contribution in [0.3, 0.4) is 0 Å². The van der Waals surface area contributed by atoms with Crippen molar-refractivity contribution in [1.29, 1.82) is 0 Å². The first-order valence-corrected chi connectivity index (χ1v) is 18.4. The van der Waals surface area contributed by atoms with Crippen molar-refractivity contribution in [1.82, 2.24) is 4.90 Å². The van der Waals surface area contributed by atoms with Crippen LogP contribution in [0.15, 0.2) is 24.3 Å². The first-order valence-electron chi connectivity index (χ1n) is 18.4. The Balaban J connectivity index is 5.23. The summed E-state index contributed by atoms with van der Waals surface area (Å²) in [5, 5.41) is 0. The highest BCUT2D eigenvalue weighted by atomic mass is 16.5. The number of carbonyl (C=O) groups is 1. The molecule has 0 rings (SSSR count). The standard InChI is InChI=1S/C39H75NO2/c1-8-10-12-14-16-18-20-22-29-37(30-23-21-19-17-15-13-11-9-2)38(33-32-36(5)28-26-27-35(3)4)42-39(41)31-24-25-34-40(6)7/h16-19,35-38H,8-15,20-34H2,1-7H3. The normalized spacial score (nSPS) is 14.4. The fraction of sp³-hybridized carbons (Fsp3) is 0.872. The molecule has 42 heavy (non-hydrogen) atoms. The molecule has 0 amide bonds. The maximum Gasteiger partial charge on any atom is 0.306 e. The van der Waals surface area contributed by atoms with Gasteiger partial charge in [0.2, 0.25) is 0 Å². The highest BCUT2D eigenvalue weighted by Crippen LogP contribution is 2.29. The summed E-state index contributed by atoms with van der Waals surface area (Å²) in [6, 6.07) is 0. The highest BCUT2D eigenvalue weighted by molar-refractivity contribution is 5.69. The minimum Gasteiger partial charge on any atom is -0.462 e. The van der Waals surface area contributed by atoms with Crippen molar-refractivity contribution in [3.8, 4) is 0 Å². The fourth-order valence-electron chi connectivity index (χ4n) is 5.79. The molecule has 2 atom stereocenters. The minimum absolute atomic E-state index is 0.0304. The third-order valence-electron chi connectivity index (χ3n) is 8.64. The maximum atomic E-state index is 13.0. The van der Waals surface area contributed by atoms with Crippen molar-refractivity contribution in [3.05, 3.63) is 24.3 Å². The van der Waals surface area contributed by atoms with Gasteiger partial charge in [-0.2, -0.15) is 0 Å². The molecule has 0 spiro atoms. The van der Waals surface area contributed by atoms with E-state index in [1.54, 1.807) is 0 Å². The molecule has 0 aliphatic rings. The summed E-state index contributed by atoms with van der Waals surface area (Å²) in [5.41, 5.74) is 0. The van der Waals surface area contributed by atoms with E-state index in [1.165, 1.54) is 103 Å². The molecule has 0 aliphatic heterocycles. The molecule has 248 valence electrons. The van der Waals surface area contributed by atoms with Gasteiger partial charge >= 0.3 is 5.97 Å². The van der Waals surface area contributed by atoms with Crippen LogP contribution < -0.4 is 0 Å². The van der Waals surface area contributed by atoms with Crippen LogP contribution in [0, 0.1) is 17.8 Å². The van der Waals surface area contributed by atoms with Crippen LogP contribution in [0.1, 0.15) is 176 Å². The number of ether oxygens (including phenoxy) is 1. The van der Waals surface area contributed by atoms with Crippen molar-refractivity contribution in [3.63, 3.8) is 0 Å². The molecule has 0 aromatic carbocycles. The second-order valence-electron chi connectivity index (χ2n) is 13.9. The Kier molecular flexibility index (Phi) is 29.2. The molecule has 0 heterocycles. The number of rotatable bonds is 30. The van der Waals surface area contributed by atoms with Crippen LogP contribution in [0.25, 0.3) is 0 Å². The third kappa shape index (κ3) is 27.7. The first kappa shape index (κ1) is 40.9. The molecule has 0 radical (unpaired) electrons. The van der Waals surface area contributed by atoms with E-state index in [9.17, 15) is 4.79 Å². The predicted molar refractivity (Wildman–Crippen MR) is 187 cm³/mol. The summed E-state index contributed by atoms with van der Waals surface area (Å²) in [6.45, 7) is 12.6. The van der Waals surface area contributed by atoms with Crippen molar-refractivity contribution < 1.29 is 9.53 Å². The van der Waals surface area contributed by atoms with Gasteiger partial charge in [0, 0.05) is 6.42 Å². The number of hydrogen-bond acceptors (Lipinski definition) is 3. The zero-order valence-electron chi connectivity index (χ0n) is 29.6. The first-order chi connectivity index (χ1) is 20.3. The van der Waals surface area contributed by atoms with Gasteiger partial charge in [-0.3, -0.25) is 4.79 Å².